The van der Waals surface area contributed by atoms with Crippen molar-refractivity contribution in [1.29, 1.82) is 0 Å². The topological polar surface area (TPSA) is 78.9 Å². The van der Waals surface area contributed by atoms with Crippen LogP contribution in [-0.4, -0.2) is 37.2 Å². The first-order valence-electron chi connectivity index (χ1n) is 30.7. The smallest absolute Gasteiger partial charge is 0.306 e. The molecule has 0 aromatic carbocycles. The molecule has 0 heterocycles. The first-order chi connectivity index (χ1) is 36.0. The Labute approximate surface area is 451 Å². The monoisotopic (exact) mass is 1010 g/mol. The summed E-state index contributed by atoms with van der Waals surface area (Å²) in [6.07, 6.45) is 81.1. The van der Waals surface area contributed by atoms with E-state index in [-0.39, 0.29) is 31.1 Å². The number of esters is 3. The molecule has 1 atom stereocenters. The fraction of sp³-hybridized carbons (Fsp3) is 0.716. The minimum Gasteiger partial charge on any atom is -0.462 e. The van der Waals surface area contributed by atoms with Crippen LogP contribution in [-0.2, 0) is 28.6 Å². The van der Waals surface area contributed by atoms with Gasteiger partial charge in [0, 0.05) is 19.3 Å². The normalized spacial score (nSPS) is 12.8. The number of hydrogen-bond acceptors (Lipinski definition) is 6. The number of hydrogen-bond donors (Lipinski definition) is 0. The van der Waals surface area contributed by atoms with E-state index in [1.807, 2.05) is 0 Å². The van der Waals surface area contributed by atoms with Crippen LogP contribution in [0.4, 0.5) is 0 Å². The van der Waals surface area contributed by atoms with Crippen LogP contribution in [0.5, 0.6) is 0 Å². The molecule has 1 unspecified atom stereocenters. The molecule has 0 radical (unpaired) electrons. The highest BCUT2D eigenvalue weighted by Gasteiger charge is 2.19. The van der Waals surface area contributed by atoms with Crippen LogP contribution in [0.2, 0.25) is 0 Å². The third-order valence-electron chi connectivity index (χ3n) is 13.0. The summed E-state index contributed by atoms with van der Waals surface area (Å²) >= 11 is 0. The van der Waals surface area contributed by atoms with Gasteiger partial charge in [0.25, 0.3) is 0 Å². The van der Waals surface area contributed by atoms with Crippen molar-refractivity contribution in [2.24, 2.45) is 0 Å². The zero-order valence-electron chi connectivity index (χ0n) is 47.9. The number of allylic oxidation sites excluding steroid dienone is 16. The molecular formula is C67H114O6. The van der Waals surface area contributed by atoms with Crippen molar-refractivity contribution in [1.82, 2.24) is 0 Å². The fourth-order valence-corrected chi connectivity index (χ4v) is 8.44. The van der Waals surface area contributed by atoms with Gasteiger partial charge in [0.1, 0.15) is 13.2 Å². The van der Waals surface area contributed by atoms with Gasteiger partial charge >= 0.3 is 17.9 Å². The van der Waals surface area contributed by atoms with E-state index in [0.717, 1.165) is 122 Å². The van der Waals surface area contributed by atoms with E-state index in [1.54, 1.807) is 0 Å². The van der Waals surface area contributed by atoms with Crippen molar-refractivity contribution in [3.05, 3.63) is 97.2 Å². The van der Waals surface area contributed by atoms with Gasteiger partial charge in [-0.05, 0) is 122 Å². The third kappa shape index (κ3) is 59.1. The molecule has 0 aliphatic carbocycles. The molecule has 0 N–H and O–H groups in total. The second-order valence-electron chi connectivity index (χ2n) is 20.2. The largest absolute Gasteiger partial charge is 0.462 e. The molecule has 6 nitrogen and oxygen atoms in total. The van der Waals surface area contributed by atoms with Crippen molar-refractivity contribution in [2.75, 3.05) is 13.2 Å². The molecule has 0 saturated heterocycles. The van der Waals surface area contributed by atoms with Crippen LogP contribution >= 0.6 is 0 Å². The third-order valence-corrected chi connectivity index (χ3v) is 13.0. The Bertz CT molecular complexity index is 1440. The molecule has 0 amide bonds. The highest BCUT2D eigenvalue weighted by molar-refractivity contribution is 5.71. The lowest BCUT2D eigenvalue weighted by molar-refractivity contribution is -0.167. The molecule has 0 fully saturated rings. The molecule has 0 aliphatic rings. The average Bonchev–Trinajstić information content (AvgIpc) is 3.39. The van der Waals surface area contributed by atoms with Gasteiger partial charge in [0.05, 0.1) is 0 Å². The van der Waals surface area contributed by atoms with Gasteiger partial charge in [0.2, 0.25) is 0 Å². The highest BCUT2D eigenvalue weighted by Crippen LogP contribution is 2.15. The summed E-state index contributed by atoms with van der Waals surface area (Å²) in [5, 5.41) is 0. The van der Waals surface area contributed by atoms with Gasteiger partial charge in [-0.2, -0.15) is 0 Å². The predicted octanol–water partition coefficient (Wildman–Crippen LogP) is 20.9. The van der Waals surface area contributed by atoms with Crippen molar-refractivity contribution in [2.45, 2.75) is 297 Å². The Hall–Kier alpha value is -3.67. The van der Waals surface area contributed by atoms with Gasteiger partial charge in [-0.25, -0.2) is 0 Å². The Balaban J connectivity index is 4.44. The lowest BCUT2D eigenvalue weighted by Crippen LogP contribution is -2.30. The molecule has 0 aromatic heterocycles. The summed E-state index contributed by atoms with van der Waals surface area (Å²) in [6.45, 7) is 6.50. The van der Waals surface area contributed by atoms with Crippen LogP contribution in [0, 0.1) is 0 Å². The molecule has 0 saturated carbocycles. The number of ether oxygens (including phenoxy) is 3. The van der Waals surface area contributed by atoms with Crippen molar-refractivity contribution < 1.29 is 28.6 Å². The lowest BCUT2D eigenvalue weighted by atomic mass is 10.1. The highest BCUT2D eigenvalue weighted by atomic mass is 16.6. The van der Waals surface area contributed by atoms with E-state index >= 15 is 0 Å². The number of rotatable bonds is 55. The van der Waals surface area contributed by atoms with Gasteiger partial charge < -0.3 is 14.2 Å². The average molecular weight is 1020 g/mol. The Kier molecular flexibility index (Phi) is 57.8. The predicted molar refractivity (Wildman–Crippen MR) is 316 cm³/mol. The van der Waals surface area contributed by atoms with E-state index in [1.165, 1.54) is 128 Å². The van der Waals surface area contributed by atoms with Gasteiger partial charge in [0.15, 0.2) is 6.10 Å². The van der Waals surface area contributed by atoms with Crippen LogP contribution in [0.15, 0.2) is 97.2 Å². The van der Waals surface area contributed by atoms with E-state index < -0.39 is 6.10 Å². The fourth-order valence-electron chi connectivity index (χ4n) is 8.44. The van der Waals surface area contributed by atoms with Crippen LogP contribution in [0.25, 0.3) is 0 Å². The summed E-state index contributed by atoms with van der Waals surface area (Å²) in [5.74, 6) is -0.920. The second-order valence-corrected chi connectivity index (χ2v) is 20.2. The first-order valence-corrected chi connectivity index (χ1v) is 30.7. The molecule has 6 heteroatoms. The molecular weight excluding hydrogens is 901 g/mol. The van der Waals surface area contributed by atoms with Gasteiger partial charge in [-0.15, -0.1) is 0 Å². The summed E-state index contributed by atoms with van der Waals surface area (Å²) < 4.78 is 16.9. The molecule has 0 aliphatic heterocycles. The van der Waals surface area contributed by atoms with Gasteiger partial charge in [-0.1, -0.05) is 246 Å². The molecule has 0 bridgehead atoms. The molecule has 0 aromatic rings. The Morgan fingerprint density at radius 1 is 0.288 bits per heavy atom. The molecule has 0 rings (SSSR count). The zero-order valence-corrected chi connectivity index (χ0v) is 47.9. The maximum Gasteiger partial charge on any atom is 0.306 e. The minimum absolute atomic E-state index is 0.0922. The Morgan fingerprint density at radius 3 is 0.849 bits per heavy atom. The van der Waals surface area contributed by atoms with Crippen molar-refractivity contribution >= 4 is 17.9 Å². The second kappa shape index (κ2) is 60.9. The summed E-state index contributed by atoms with van der Waals surface area (Å²) in [6, 6.07) is 0. The van der Waals surface area contributed by atoms with Crippen LogP contribution < -0.4 is 0 Å². The summed E-state index contributed by atoms with van der Waals surface area (Å²) in [4.78, 5) is 38.3. The summed E-state index contributed by atoms with van der Waals surface area (Å²) in [5.41, 5.74) is 0. The number of carbonyl (C=O) groups is 3. The van der Waals surface area contributed by atoms with E-state index in [9.17, 15) is 14.4 Å². The SMILES string of the molecule is CC/C=C\C/C=C\C/C=C\C/C=C\CCCCCCCCC(=O)OC(COC(=O)CCCCCCC/C=C\CCCCCCCC)COC(=O)CCCCCCCC/C=C\C/C=C\C/C=C\CCCCCCC. The minimum atomic E-state index is -0.796. The molecule has 418 valence electrons. The van der Waals surface area contributed by atoms with E-state index in [2.05, 4.69) is 118 Å². The molecule has 0 spiro atoms. The van der Waals surface area contributed by atoms with Crippen molar-refractivity contribution in [3.8, 4) is 0 Å². The maximum atomic E-state index is 12.9. The number of carbonyl (C=O) groups excluding carboxylic acids is 3. The quantitative estimate of drug-likeness (QED) is 0.0261. The van der Waals surface area contributed by atoms with E-state index in [0.29, 0.717) is 19.3 Å². The standard InChI is InChI=1S/C67H114O6/c1-4-7-10-13-16-19-22-25-28-30-32-33-35-36-39-42-45-48-51-54-57-60-66(69)72-63-64(62-71-65(68)59-56-53-50-47-44-41-38-27-24-21-18-15-12-9-6-3)73-67(70)61-58-55-52-49-46-43-40-37-34-31-29-26-23-20-17-14-11-8-5-2/h8,11,17,20,22,25-27,29-30,32,34-38,64H,4-7,9-10,12-16,18-19,21,23-24,28,31,33,39-63H2,1-3H3/b11-8-,20-17-,25-22-,29-26-,32-30-,36-35-,37-34-,38-27-. The van der Waals surface area contributed by atoms with Crippen LogP contribution in [0.1, 0.15) is 290 Å². The molecule has 73 heavy (non-hydrogen) atoms. The van der Waals surface area contributed by atoms with Crippen molar-refractivity contribution in [3.63, 3.8) is 0 Å². The Morgan fingerprint density at radius 2 is 0.534 bits per heavy atom. The summed E-state index contributed by atoms with van der Waals surface area (Å²) in [7, 11) is 0. The van der Waals surface area contributed by atoms with E-state index in [4.69, 9.17) is 14.2 Å². The number of unbranched alkanes of at least 4 members (excludes halogenated alkanes) is 28. The van der Waals surface area contributed by atoms with Gasteiger partial charge in [-0.3, -0.25) is 14.4 Å². The maximum absolute atomic E-state index is 12.9. The van der Waals surface area contributed by atoms with Crippen LogP contribution in [0.3, 0.4) is 0 Å². The lowest BCUT2D eigenvalue weighted by Gasteiger charge is -2.18. The first kappa shape index (κ1) is 69.3. The zero-order chi connectivity index (χ0) is 52.9.